The Morgan fingerprint density at radius 1 is 1.65 bits per heavy atom. The molecule has 1 aliphatic heterocycles. The van der Waals surface area contributed by atoms with Crippen molar-refractivity contribution in [3.63, 3.8) is 0 Å². The van der Waals surface area contributed by atoms with Crippen LogP contribution in [0.4, 0.5) is 10.6 Å². The molecule has 1 fully saturated rings. The van der Waals surface area contributed by atoms with Crippen molar-refractivity contribution in [1.82, 2.24) is 14.7 Å². The fraction of sp³-hybridized carbons (Fsp3) is 0.714. The second-order valence-corrected chi connectivity index (χ2v) is 5.44. The van der Waals surface area contributed by atoms with E-state index in [0.717, 1.165) is 38.2 Å². The molecule has 0 saturated carbocycles. The summed E-state index contributed by atoms with van der Waals surface area (Å²) in [5.74, 6) is 0.736. The molecule has 20 heavy (non-hydrogen) atoms. The molecule has 0 bridgehead atoms. The van der Waals surface area contributed by atoms with E-state index in [1.54, 1.807) is 17.8 Å². The Balaban J connectivity index is 1.98. The smallest absolute Gasteiger partial charge is 0.323 e. The molecular formula is C14H24N4O2. The monoisotopic (exact) mass is 280 g/mol. The summed E-state index contributed by atoms with van der Waals surface area (Å²) in [6.45, 7) is 5.39. The number of aromatic nitrogens is 2. The first-order valence-electron chi connectivity index (χ1n) is 7.39. The van der Waals surface area contributed by atoms with Gasteiger partial charge in [0.15, 0.2) is 0 Å². The maximum absolute atomic E-state index is 12.4. The van der Waals surface area contributed by atoms with Gasteiger partial charge in [-0.1, -0.05) is 6.92 Å². The Hall–Kier alpha value is -1.56. The lowest BCUT2D eigenvalue weighted by molar-refractivity contribution is 0.142. The van der Waals surface area contributed by atoms with Crippen LogP contribution in [0.1, 0.15) is 39.5 Å². The summed E-state index contributed by atoms with van der Waals surface area (Å²) in [6.07, 6.45) is 4.90. The SMILES string of the molecule is CCCn1nccc1NC(=O)N1CCCC1CC(C)O. The normalized spacial score (nSPS) is 20.1. The highest BCUT2D eigenvalue weighted by Crippen LogP contribution is 2.22. The number of amides is 2. The zero-order chi connectivity index (χ0) is 14.5. The molecule has 1 aromatic rings. The lowest BCUT2D eigenvalue weighted by Gasteiger charge is -2.26. The first-order valence-corrected chi connectivity index (χ1v) is 7.39. The van der Waals surface area contributed by atoms with E-state index in [4.69, 9.17) is 0 Å². The van der Waals surface area contributed by atoms with Gasteiger partial charge < -0.3 is 10.0 Å². The predicted octanol–water partition coefficient (Wildman–Crippen LogP) is 2.06. The van der Waals surface area contributed by atoms with Crippen molar-refractivity contribution in [3.8, 4) is 0 Å². The molecule has 0 spiro atoms. The summed E-state index contributed by atoms with van der Waals surface area (Å²) in [5.41, 5.74) is 0. The maximum Gasteiger partial charge on any atom is 0.323 e. The van der Waals surface area contributed by atoms with Crippen molar-refractivity contribution in [1.29, 1.82) is 0 Å². The number of aliphatic hydroxyl groups is 1. The van der Waals surface area contributed by atoms with Crippen molar-refractivity contribution in [2.45, 2.75) is 58.2 Å². The third-order valence-corrected chi connectivity index (χ3v) is 3.64. The molecule has 0 aromatic carbocycles. The number of aryl methyl sites for hydroxylation is 1. The summed E-state index contributed by atoms with van der Waals surface area (Å²) in [7, 11) is 0. The van der Waals surface area contributed by atoms with Crippen LogP contribution in [0.2, 0.25) is 0 Å². The van der Waals surface area contributed by atoms with E-state index < -0.39 is 0 Å². The van der Waals surface area contributed by atoms with Gasteiger partial charge in [0.25, 0.3) is 0 Å². The van der Waals surface area contributed by atoms with Gasteiger partial charge in [-0.3, -0.25) is 5.32 Å². The molecule has 2 atom stereocenters. The average Bonchev–Trinajstić information content (AvgIpc) is 2.99. The van der Waals surface area contributed by atoms with Crippen LogP contribution in [0, 0.1) is 0 Å². The van der Waals surface area contributed by atoms with Crippen molar-refractivity contribution in [3.05, 3.63) is 12.3 Å². The molecule has 6 nitrogen and oxygen atoms in total. The predicted molar refractivity (Wildman–Crippen MR) is 77.6 cm³/mol. The van der Waals surface area contributed by atoms with E-state index in [1.807, 2.05) is 11.0 Å². The highest BCUT2D eigenvalue weighted by molar-refractivity contribution is 5.88. The Kier molecular flexibility index (Phi) is 5.00. The molecule has 1 saturated heterocycles. The van der Waals surface area contributed by atoms with Crippen molar-refractivity contribution in [2.24, 2.45) is 0 Å². The minimum atomic E-state index is -0.376. The molecule has 1 aliphatic rings. The van der Waals surface area contributed by atoms with Crippen LogP contribution in [0.15, 0.2) is 12.3 Å². The van der Waals surface area contributed by atoms with E-state index in [9.17, 15) is 9.90 Å². The maximum atomic E-state index is 12.4. The molecule has 2 heterocycles. The number of rotatable bonds is 5. The van der Waals surface area contributed by atoms with Crippen molar-refractivity contribution < 1.29 is 9.90 Å². The molecule has 112 valence electrons. The molecule has 1 aromatic heterocycles. The average molecular weight is 280 g/mol. The molecular weight excluding hydrogens is 256 g/mol. The number of nitrogens with zero attached hydrogens (tertiary/aromatic N) is 3. The second-order valence-electron chi connectivity index (χ2n) is 5.44. The third kappa shape index (κ3) is 3.50. The van der Waals surface area contributed by atoms with Gasteiger partial charge in [-0.2, -0.15) is 5.10 Å². The Morgan fingerprint density at radius 3 is 3.15 bits per heavy atom. The summed E-state index contributed by atoms with van der Waals surface area (Å²) < 4.78 is 1.80. The van der Waals surface area contributed by atoms with Crippen LogP contribution in [0.5, 0.6) is 0 Å². The highest BCUT2D eigenvalue weighted by atomic mass is 16.3. The first-order chi connectivity index (χ1) is 9.61. The number of carbonyl (C=O) groups is 1. The Labute approximate surface area is 119 Å². The van der Waals surface area contributed by atoms with Gasteiger partial charge in [0.1, 0.15) is 5.82 Å². The van der Waals surface area contributed by atoms with Gasteiger partial charge in [-0.25, -0.2) is 9.48 Å². The Morgan fingerprint density at radius 2 is 2.45 bits per heavy atom. The molecule has 6 heteroatoms. The van der Waals surface area contributed by atoms with Crippen molar-refractivity contribution >= 4 is 11.8 Å². The Bertz CT molecular complexity index is 444. The van der Waals surface area contributed by atoms with Crippen LogP contribution >= 0.6 is 0 Å². The topological polar surface area (TPSA) is 70.4 Å². The summed E-state index contributed by atoms with van der Waals surface area (Å²) >= 11 is 0. The lowest BCUT2D eigenvalue weighted by atomic mass is 10.1. The minimum Gasteiger partial charge on any atom is -0.393 e. The van der Waals surface area contributed by atoms with Crippen LogP contribution in [0.25, 0.3) is 0 Å². The molecule has 2 unspecified atom stereocenters. The number of nitrogens with one attached hydrogen (secondary N) is 1. The number of hydrogen-bond donors (Lipinski definition) is 2. The van der Waals surface area contributed by atoms with Crippen LogP contribution in [0.3, 0.4) is 0 Å². The fourth-order valence-electron chi connectivity index (χ4n) is 2.75. The lowest BCUT2D eigenvalue weighted by Crippen LogP contribution is -2.40. The van der Waals surface area contributed by atoms with Gasteiger partial charge in [-0.05, 0) is 32.6 Å². The van der Waals surface area contributed by atoms with Crippen LogP contribution in [-0.2, 0) is 6.54 Å². The zero-order valence-electron chi connectivity index (χ0n) is 12.2. The van der Waals surface area contributed by atoms with Crippen LogP contribution in [-0.4, -0.2) is 44.5 Å². The standard InChI is InChI=1S/C14H24N4O2/c1-3-8-18-13(6-7-15-18)16-14(20)17-9-4-5-12(17)10-11(2)19/h6-7,11-12,19H,3-5,8-10H2,1-2H3,(H,16,20). The number of carbonyl (C=O) groups excluding carboxylic acids is 1. The third-order valence-electron chi connectivity index (χ3n) is 3.64. The number of hydrogen-bond acceptors (Lipinski definition) is 3. The summed E-state index contributed by atoms with van der Waals surface area (Å²) in [5, 5.41) is 16.6. The second kappa shape index (κ2) is 6.74. The molecule has 2 amide bonds. The van der Waals surface area contributed by atoms with E-state index in [-0.39, 0.29) is 18.2 Å². The molecule has 0 radical (unpaired) electrons. The zero-order valence-corrected chi connectivity index (χ0v) is 12.2. The number of aliphatic hydroxyl groups excluding tert-OH is 1. The fourth-order valence-corrected chi connectivity index (χ4v) is 2.75. The van der Waals surface area contributed by atoms with Gasteiger partial charge in [0, 0.05) is 25.2 Å². The van der Waals surface area contributed by atoms with E-state index in [2.05, 4.69) is 17.3 Å². The quantitative estimate of drug-likeness (QED) is 0.867. The van der Waals surface area contributed by atoms with Gasteiger partial charge in [0.05, 0.1) is 12.3 Å². The largest absolute Gasteiger partial charge is 0.393 e. The first kappa shape index (κ1) is 14.8. The summed E-state index contributed by atoms with van der Waals surface area (Å²) in [6, 6.07) is 1.86. The van der Waals surface area contributed by atoms with Gasteiger partial charge in [-0.15, -0.1) is 0 Å². The summed E-state index contributed by atoms with van der Waals surface area (Å²) in [4.78, 5) is 14.2. The number of anilines is 1. The van der Waals surface area contributed by atoms with Crippen molar-refractivity contribution in [2.75, 3.05) is 11.9 Å². The minimum absolute atomic E-state index is 0.0917. The molecule has 0 aliphatic carbocycles. The number of likely N-dealkylation sites (tertiary alicyclic amines) is 1. The molecule has 2 N–H and O–H groups in total. The number of urea groups is 1. The van der Waals surface area contributed by atoms with Crippen LogP contribution < -0.4 is 5.32 Å². The highest BCUT2D eigenvalue weighted by Gasteiger charge is 2.29. The van der Waals surface area contributed by atoms with Gasteiger partial charge >= 0.3 is 6.03 Å². The van der Waals surface area contributed by atoms with E-state index in [1.165, 1.54) is 0 Å². The van der Waals surface area contributed by atoms with E-state index in [0.29, 0.717) is 6.42 Å². The van der Waals surface area contributed by atoms with Gasteiger partial charge in [0.2, 0.25) is 0 Å². The molecule has 2 rings (SSSR count). The van der Waals surface area contributed by atoms with E-state index >= 15 is 0 Å².